The highest BCUT2D eigenvalue weighted by atomic mass is 79.9. The molecule has 1 saturated carbocycles. The minimum atomic E-state index is -3.96. The Labute approximate surface area is 137 Å². The zero-order valence-electron chi connectivity index (χ0n) is 11.8. The zero-order chi connectivity index (χ0) is 16.1. The Morgan fingerprint density at radius 2 is 1.91 bits per heavy atom. The fourth-order valence-electron chi connectivity index (χ4n) is 2.89. The summed E-state index contributed by atoms with van der Waals surface area (Å²) in [4.78, 5) is 11.7. The molecule has 1 aromatic carbocycles. The van der Waals surface area contributed by atoms with Gasteiger partial charge in [0.2, 0.25) is 0 Å². The predicted octanol–water partition coefficient (Wildman–Crippen LogP) is 1.79. The van der Waals surface area contributed by atoms with E-state index in [9.17, 15) is 18.3 Å². The highest BCUT2D eigenvalue weighted by Crippen LogP contribution is 2.38. The molecule has 22 heavy (non-hydrogen) atoms. The van der Waals surface area contributed by atoms with Gasteiger partial charge in [-0.25, -0.2) is 13.2 Å². The van der Waals surface area contributed by atoms with Crippen molar-refractivity contribution < 1.29 is 23.1 Å². The van der Waals surface area contributed by atoms with Gasteiger partial charge in [0, 0.05) is 0 Å². The minimum Gasteiger partial charge on any atom is -0.442 e. The molecule has 0 unspecified atom stereocenters. The first-order valence-corrected chi connectivity index (χ1v) is 9.32. The summed E-state index contributed by atoms with van der Waals surface area (Å²) in [6.45, 7) is 1.86. The van der Waals surface area contributed by atoms with Crippen molar-refractivity contribution in [1.82, 2.24) is 4.31 Å². The lowest BCUT2D eigenvalue weighted by molar-refractivity contribution is 0.0506. The summed E-state index contributed by atoms with van der Waals surface area (Å²) in [7, 11) is -3.96. The van der Waals surface area contributed by atoms with Gasteiger partial charge in [0.05, 0.1) is 21.9 Å². The number of hydrogen-bond acceptors (Lipinski definition) is 5. The van der Waals surface area contributed by atoms with E-state index in [0.29, 0.717) is 12.8 Å². The highest BCUT2D eigenvalue weighted by molar-refractivity contribution is 9.09. The van der Waals surface area contributed by atoms with E-state index >= 15 is 0 Å². The average molecular weight is 390 g/mol. The second-order valence-electron chi connectivity index (χ2n) is 5.62. The van der Waals surface area contributed by atoms with E-state index in [1.807, 2.05) is 6.92 Å². The van der Waals surface area contributed by atoms with Gasteiger partial charge < -0.3 is 9.84 Å². The number of hydrogen-bond donors (Lipinski definition) is 1. The third kappa shape index (κ3) is 2.43. The molecule has 1 amide bonds. The van der Waals surface area contributed by atoms with Gasteiger partial charge in [-0.2, -0.15) is 4.31 Å². The molecule has 1 aliphatic heterocycles. The number of fused-ring (bicyclic) bond motifs is 1. The summed E-state index contributed by atoms with van der Waals surface area (Å²) in [6, 6.07) is 5.74. The Kier molecular flexibility index (Phi) is 3.94. The standard InChI is InChI=1S/C14H16BrNO5S/c1-8-2-4-9(5-3-8)22(19,20)16-10-6-7-11(17)12(15)13(10)21-14(16)18/h2-5,10-13,17H,6-7H2,1H3/t10-,11+,12-,13-/m0/s1. The maximum atomic E-state index is 12.7. The topological polar surface area (TPSA) is 83.9 Å². The fourth-order valence-corrected chi connectivity index (χ4v) is 5.15. The van der Waals surface area contributed by atoms with Gasteiger partial charge in [0.1, 0.15) is 6.10 Å². The van der Waals surface area contributed by atoms with E-state index in [0.717, 1.165) is 9.87 Å². The first-order chi connectivity index (χ1) is 10.3. The maximum absolute atomic E-state index is 12.7. The molecule has 1 N–H and O–H groups in total. The van der Waals surface area contributed by atoms with E-state index in [4.69, 9.17) is 4.74 Å². The summed E-state index contributed by atoms with van der Waals surface area (Å²) in [5, 5.41) is 9.84. The van der Waals surface area contributed by atoms with Crippen LogP contribution in [0.1, 0.15) is 18.4 Å². The van der Waals surface area contributed by atoms with Gasteiger partial charge >= 0.3 is 6.09 Å². The van der Waals surface area contributed by atoms with Gasteiger partial charge in [0.25, 0.3) is 10.0 Å². The van der Waals surface area contributed by atoms with Crippen LogP contribution < -0.4 is 0 Å². The van der Waals surface area contributed by atoms with Crippen molar-refractivity contribution in [3.63, 3.8) is 0 Å². The van der Waals surface area contributed by atoms with Crippen LogP contribution in [0.5, 0.6) is 0 Å². The number of aliphatic hydroxyl groups excluding tert-OH is 1. The molecule has 2 fully saturated rings. The third-order valence-electron chi connectivity index (χ3n) is 4.11. The first-order valence-electron chi connectivity index (χ1n) is 6.96. The number of aliphatic hydroxyl groups is 1. The van der Waals surface area contributed by atoms with Crippen molar-refractivity contribution in [2.75, 3.05) is 0 Å². The van der Waals surface area contributed by atoms with Crippen LogP contribution in [0.15, 0.2) is 29.2 Å². The number of carbonyl (C=O) groups excluding carboxylic acids is 1. The van der Waals surface area contributed by atoms with Crippen molar-refractivity contribution in [2.24, 2.45) is 0 Å². The van der Waals surface area contributed by atoms with E-state index in [1.54, 1.807) is 12.1 Å². The molecule has 0 radical (unpaired) electrons. The number of amides is 1. The van der Waals surface area contributed by atoms with Crippen LogP contribution in [0.4, 0.5) is 4.79 Å². The summed E-state index contributed by atoms with van der Waals surface area (Å²) in [5.41, 5.74) is 0.933. The Hall–Kier alpha value is -1.12. The lowest BCUT2D eigenvalue weighted by Crippen LogP contribution is -2.49. The van der Waals surface area contributed by atoms with Gasteiger partial charge in [-0.3, -0.25) is 0 Å². The Morgan fingerprint density at radius 3 is 2.55 bits per heavy atom. The van der Waals surface area contributed by atoms with Crippen molar-refractivity contribution >= 4 is 32.0 Å². The van der Waals surface area contributed by atoms with Crippen LogP contribution in [-0.4, -0.2) is 47.0 Å². The predicted molar refractivity (Wildman–Crippen MR) is 82.2 cm³/mol. The maximum Gasteiger partial charge on any atom is 0.424 e. The Morgan fingerprint density at radius 1 is 1.27 bits per heavy atom. The van der Waals surface area contributed by atoms with Gasteiger partial charge in [-0.05, 0) is 31.9 Å². The first kappa shape index (κ1) is 15.8. The second kappa shape index (κ2) is 5.50. The van der Waals surface area contributed by atoms with Crippen LogP contribution in [0, 0.1) is 6.92 Å². The van der Waals surface area contributed by atoms with Crippen molar-refractivity contribution in [3.8, 4) is 0 Å². The molecular weight excluding hydrogens is 374 g/mol. The molecule has 0 aromatic heterocycles. The molecule has 2 aliphatic rings. The molecule has 1 aromatic rings. The van der Waals surface area contributed by atoms with E-state index in [2.05, 4.69) is 15.9 Å². The van der Waals surface area contributed by atoms with Crippen molar-refractivity contribution in [3.05, 3.63) is 29.8 Å². The molecule has 4 atom stereocenters. The molecule has 8 heteroatoms. The molecule has 0 spiro atoms. The number of benzene rings is 1. The van der Waals surface area contributed by atoms with Crippen LogP contribution in [-0.2, 0) is 14.8 Å². The van der Waals surface area contributed by atoms with Crippen LogP contribution >= 0.6 is 15.9 Å². The number of aryl methyl sites for hydroxylation is 1. The van der Waals surface area contributed by atoms with Gasteiger partial charge in [-0.1, -0.05) is 33.6 Å². The summed E-state index contributed by atoms with van der Waals surface area (Å²) in [6.07, 6.45) is -1.42. The Bertz CT molecular complexity index is 690. The quantitative estimate of drug-likeness (QED) is 0.779. The van der Waals surface area contributed by atoms with Crippen LogP contribution in [0.3, 0.4) is 0 Å². The van der Waals surface area contributed by atoms with E-state index in [1.165, 1.54) is 12.1 Å². The van der Waals surface area contributed by atoms with Crippen LogP contribution in [0.2, 0.25) is 0 Å². The number of ether oxygens (including phenoxy) is 1. The molecule has 1 saturated heterocycles. The smallest absolute Gasteiger partial charge is 0.424 e. The normalized spacial score (nSPS) is 31.8. The molecule has 6 nitrogen and oxygen atoms in total. The number of sulfonamides is 1. The van der Waals surface area contributed by atoms with E-state index < -0.39 is 39.2 Å². The highest BCUT2D eigenvalue weighted by Gasteiger charge is 2.54. The molecular formula is C14H16BrNO5S. The number of rotatable bonds is 2. The lowest BCUT2D eigenvalue weighted by atomic mass is 9.91. The molecule has 3 rings (SSSR count). The monoisotopic (exact) mass is 389 g/mol. The average Bonchev–Trinajstić information content (AvgIpc) is 2.81. The largest absolute Gasteiger partial charge is 0.442 e. The summed E-state index contributed by atoms with van der Waals surface area (Å²) < 4.78 is 31.5. The van der Waals surface area contributed by atoms with Crippen molar-refractivity contribution in [1.29, 1.82) is 0 Å². The van der Waals surface area contributed by atoms with Crippen LogP contribution in [0.25, 0.3) is 0 Å². The molecule has 1 heterocycles. The van der Waals surface area contributed by atoms with Gasteiger partial charge in [0.15, 0.2) is 0 Å². The third-order valence-corrected chi connectivity index (χ3v) is 7.05. The lowest BCUT2D eigenvalue weighted by Gasteiger charge is -2.33. The molecule has 0 bridgehead atoms. The number of nitrogens with zero attached hydrogens (tertiary/aromatic N) is 1. The fraction of sp³-hybridized carbons (Fsp3) is 0.500. The number of carbonyl (C=O) groups is 1. The zero-order valence-corrected chi connectivity index (χ0v) is 14.2. The SMILES string of the molecule is Cc1ccc(S(=O)(=O)N2C(=O)O[C@@H]3[C@@H](Br)[C@H](O)CC[C@@H]32)cc1. The van der Waals surface area contributed by atoms with Crippen molar-refractivity contribution in [2.45, 2.75) is 47.7 Å². The second-order valence-corrected chi connectivity index (χ2v) is 8.49. The Balaban J connectivity index is 1.97. The van der Waals surface area contributed by atoms with Gasteiger partial charge in [-0.15, -0.1) is 0 Å². The summed E-state index contributed by atoms with van der Waals surface area (Å²) in [5.74, 6) is 0. The summed E-state index contributed by atoms with van der Waals surface area (Å²) >= 11 is 3.30. The minimum absolute atomic E-state index is 0.0629. The molecule has 1 aliphatic carbocycles. The number of alkyl halides is 1. The van der Waals surface area contributed by atoms with E-state index in [-0.39, 0.29) is 4.90 Å². The molecule has 120 valence electrons. The number of halogens is 1.